The molecule has 0 aliphatic carbocycles. The van der Waals surface area contributed by atoms with Gasteiger partial charge in [-0.25, -0.2) is 9.78 Å². The van der Waals surface area contributed by atoms with Gasteiger partial charge in [-0.15, -0.1) is 0 Å². The molecule has 0 fully saturated rings. The molecule has 3 rings (SSSR count). The highest BCUT2D eigenvalue weighted by Crippen LogP contribution is 2.15. The van der Waals surface area contributed by atoms with Gasteiger partial charge in [0, 0.05) is 23.1 Å². The summed E-state index contributed by atoms with van der Waals surface area (Å²) in [6, 6.07) is 11.7. The van der Waals surface area contributed by atoms with E-state index >= 15 is 0 Å². The SMILES string of the molecule is COC(=O)c1ccc(NC(=O)CCn2cnc3ccc(Br)cc3c2=O)cc1. The van der Waals surface area contributed by atoms with E-state index in [0.717, 1.165) is 4.47 Å². The number of hydrogen-bond donors (Lipinski definition) is 1. The highest BCUT2D eigenvalue weighted by Gasteiger charge is 2.09. The molecule has 1 heterocycles. The van der Waals surface area contributed by atoms with Crippen LogP contribution in [0.25, 0.3) is 10.9 Å². The minimum absolute atomic E-state index is 0.111. The largest absolute Gasteiger partial charge is 0.465 e. The molecule has 1 amide bonds. The second-order valence-electron chi connectivity index (χ2n) is 5.77. The fraction of sp³-hybridized carbons (Fsp3) is 0.158. The summed E-state index contributed by atoms with van der Waals surface area (Å²) in [4.78, 5) is 40.3. The van der Waals surface area contributed by atoms with Gasteiger partial charge in [0.25, 0.3) is 5.56 Å². The highest BCUT2D eigenvalue weighted by atomic mass is 79.9. The molecule has 0 spiro atoms. The van der Waals surface area contributed by atoms with Crippen LogP contribution in [0, 0.1) is 0 Å². The van der Waals surface area contributed by atoms with Crippen LogP contribution in [-0.4, -0.2) is 28.5 Å². The average molecular weight is 430 g/mol. The first-order valence-electron chi connectivity index (χ1n) is 8.11. The fourth-order valence-corrected chi connectivity index (χ4v) is 2.90. The number of rotatable bonds is 5. The molecule has 7 nitrogen and oxygen atoms in total. The summed E-state index contributed by atoms with van der Waals surface area (Å²) < 4.78 is 6.83. The van der Waals surface area contributed by atoms with Crippen molar-refractivity contribution in [3.05, 3.63) is 69.2 Å². The Labute approximate surface area is 163 Å². The van der Waals surface area contributed by atoms with E-state index in [1.54, 1.807) is 36.4 Å². The number of halogens is 1. The van der Waals surface area contributed by atoms with Crippen LogP contribution in [0.5, 0.6) is 0 Å². The number of nitrogens with zero attached hydrogens (tertiary/aromatic N) is 2. The third-order valence-electron chi connectivity index (χ3n) is 3.96. The van der Waals surface area contributed by atoms with Gasteiger partial charge in [-0.2, -0.15) is 0 Å². The number of hydrogen-bond acceptors (Lipinski definition) is 5. The van der Waals surface area contributed by atoms with Crippen molar-refractivity contribution in [3.63, 3.8) is 0 Å². The van der Waals surface area contributed by atoms with E-state index in [9.17, 15) is 14.4 Å². The summed E-state index contributed by atoms with van der Waals surface area (Å²) in [6.45, 7) is 0.209. The number of aryl methyl sites for hydroxylation is 1. The Kier molecular flexibility index (Phi) is 5.66. The average Bonchev–Trinajstić information content (AvgIpc) is 2.68. The number of esters is 1. The zero-order valence-corrected chi connectivity index (χ0v) is 16.0. The van der Waals surface area contributed by atoms with Crippen molar-refractivity contribution in [3.8, 4) is 0 Å². The van der Waals surface area contributed by atoms with Gasteiger partial charge in [0.1, 0.15) is 0 Å². The topological polar surface area (TPSA) is 90.3 Å². The summed E-state index contributed by atoms with van der Waals surface area (Å²) >= 11 is 3.34. The second kappa shape index (κ2) is 8.13. The van der Waals surface area contributed by atoms with E-state index in [-0.39, 0.29) is 24.4 Å². The molecule has 0 atom stereocenters. The summed E-state index contributed by atoms with van der Waals surface area (Å²) in [7, 11) is 1.31. The van der Waals surface area contributed by atoms with Crippen LogP contribution >= 0.6 is 15.9 Å². The van der Waals surface area contributed by atoms with Gasteiger partial charge in [0.15, 0.2) is 0 Å². The molecule has 2 aromatic carbocycles. The Balaban J connectivity index is 1.65. The van der Waals surface area contributed by atoms with Crippen molar-refractivity contribution < 1.29 is 14.3 Å². The van der Waals surface area contributed by atoms with E-state index in [1.165, 1.54) is 18.0 Å². The summed E-state index contributed by atoms with van der Waals surface area (Å²) in [5.74, 6) is -0.690. The fourth-order valence-electron chi connectivity index (χ4n) is 2.54. The van der Waals surface area contributed by atoms with Crippen molar-refractivity contribution in [2.24, 2.45) is 0 Å². The number of nitrogens with one attached hydrogen (secondary N) is 1. The Morgan fingerprint density at radius 2 is 1.93 bits per heavy atom. The summed E-state index contributed by atoms with van der Waals surface area (Å²) in [6.07, 6.45) is 1.55. The van der Waals surface area contributed by atoms with Crippen LogP contribution in [0.15, 0.2) is 58.1 Å². The molecule has 0 unspecified atom stereocenters. The van der Waals surface area contributed by atoms with Crippen LogP contribution in [0.4, 0.5) is 5.69 Å². The zero-order valence-electron chi connectivity index (χ0n) is 14.4. The Hall–Kier alpha value is -3.00. The predicted molar refractivity (Wildman–Crippen MR) is 105 cm³/mol. The van der Waals surface area contributed by atoms with E-state index in [2.05, 4.69) is 31.0 Å². The van der Waals surface area contributed by atoms with Crippen LogP contribution < -0.4 is 10.9 Å². The van der Waals surface area contributed by atoms with Crippen LogP contribution in [0.1, 0.15) is 16.8 Å². The van der Waals surface area contributed by atoms with Crippen molar-refractivity contribution in [1.29, 1.82) is 0 Å². The van der Waals surface area contributed by atoms with Gasteiger partial charge in [0.05, 0.1) is 29.9 Å². The standard InChI is InChI=1S/C19H16BrN3O4/c1-27-19(26)12-2-5-14(6-3-12)22-17(24)8-9-23-11-21-16-7-4-13(20)10-15(16)18(23)25/h2-7,10-11H,8-9H2,1H3,(H,22,24). The van der Waals surface area contributed by atoms with E-state index in [1.807, 2.05) is 6.07 Å². The molecular weight excluding hydrogens is 414 g/mol. The second-order valence-corrected chi connectivity index (χ2v) is 6.69. The minimum atomic E-state index is -0.442. The third kappa shape index (κ3) is 4.40. The summed E-state index contributed by atoms with van der Waals surface area (Å²) in [5, 5.41) is 3.22. The first kappa shape index (κ1) is 18.8. The molecule has 0 radical (unpaired) electrons. The van der Waals surface area contributed by atoms with Crippen LogP contribution in [0.3, 0.4) is 0 Å². The molecular formula is C19H16BrN3O4. The van der Waals surface area contributed by atoms with Crippen molar-refractivity contribution in [2.45, 2.75) is 13.0 Å². The zero-order chi connectivity index (χ0) is 19.4. The normalized spacial score (nSPS) is 10.6. The maximum atomic E-state index is 12.5. The number of amides is 1. The minimum Gasteiger partial charge on any atom is -0.465 e. The van der Waals surface area contributed by atoms with Gasteiger partial charge < -0.3 is 10.1 Å². The lowest BCUT2D eigenvalue weighted by atomic mass is 10.2. The lowest BCUT2D eigenvalue weighted by Gasteiger charge is -2.08. The number of benzene rings is 2. The number of carbonyl (C=O) groups is 2. The van der Waals surface area contributed by atoms with Gasteiger partial charge in [-0.3, -0.25) is 14.2 Å². The Morgan fingerprint density at radius 3 is 2.63 bits per heavy atom. The molecule has 0 bridgehead atoms. The molecule has 1 aromatic heterocycles. The smallest absolute Gasteiger partial charge is 0.337 e. The molecule has 0 saturated carbocycles. The molecule has 0 aliphatic heterocycles. The van der Waals surface area contributed by atoms with Crippen molar-refractivity contribution >= 4 is 44.4 Å². The van der Waals surface area contributed by atoms with E-state index < -0.39 is 5.97 Å². The van der Waals surface area contributed by atoms with Gasteiger partial charge in [-0.05, 0) is 42.5 Å². The lowest BCUT2D eigenvalue weighted by Crippen LogP contribution is -2.23. The highest BCUT2D eigenvalue weighted by molar-refractivity contribution is 9.10. The first-order valence-corrected chi connectivity index (χ1v) is 8.90. The monoisotopic (exact) mass is 429 g/mol. The van der Waals surface area contributed by atoms with Crippen LogP contribution in [0.2, 0.25) is 0 Å². The van der Waals surface area contributed by atoms with Crippen molar-refractivity contribution in [1.82, 2.24) is 9.55 Å². The first-order chi connectivity index (χ1) is 13.0. The molecule has 0 saturated heterocycles. The molecule has 1 N–H and O–H groups in total. The maximum Gasteiger partial charge on any atom is 0.337 e. The molecule has 8 heteroatoms. The van der Waals surface area contributed by atoms with E-state index in [4.69, 9.17) is 0 Å². The number of anilines is 1. The van der Waals surface area contributed by atoms with Gasteiger partial charge >= 0.3 is 5.97 Å². The predicted octanol–water partition coefficient (Wildman–Crippen LogP) is 2.97. The third-order valence-corrected chi connectivity index (χ3v) is 4.45. The number of fused-ring (bicyclic) bond motifs is 1. The quantitative estimate of drug-likeness (QED) is 0.629. The lowest BCUT2D eigenvalue weighted by molar-refractivity contribution is -0.116. The molecule has 138 valence electrons. The van der Waals surface area contributed by atoms with Gasteiger partial charge in [0.2, 0.25) is 5.91 Å². The number of ether oxygens (including phenoxy) is 1. The number of methoxy groups -OCH3 is 1. The maximum absolute atomic E-state index is 12.5. The van der Waals surface area contributed by atoms with Crippen LogP contribution in [-0.2, 0) is 16.1 Å². The van der Waals surface area contributed by atoms with E-state index in [0.29, 0.717) is 22.2 Å². The number of aromatic nitrogens is 2. The molecule has 3 aromatic rings. The van der Waals surface area contributed by atoms with Gasteiger partial charge in [-0.1, -0.05) is 15.9 Å². The Morgan fingerprint density at radius 1 is 1.19 bits per heavy atom. The Bertz CT molecular complexity index is 1060. The van der Waals surface area contributed by atoms with Crippen molar-refractivity contribution in [2.75, 3.05) is 12.4 Å². The number of carbonyl (C=O) groups excluding carboxylic acids is 2. The molecule has 0 aliphatic rings. The molecule has 27 heavy (non-hydrogen) atoms. The summed E-state index contributed by atoms with van der Waals surface area (Å²) in [5.41, 5.74) is 1.36.